The van der Waals surface area contributed by atoms with Crippen LogP contribution < -0.4 is 0 Å². The number of thioether (sulfide) groups is 1. The molecule has 0 radical (unpaired) electrons. The monoisotopic (exact) mass is 284 g/mol. The van der Waals surface area contributed by atoms with Crippen molar-refractivity contribution >= 4 is 34.7 Å². The zero-order valence-corrected chi connectivity index (χ0v) is 11.8. The second-order valence-electron chi connectivity index (χ2n) is 3.67. The molecule has 1 unspecified atom stereocenters. The van der Waals surface area contributed by atoms with Crippen LogP contribution in [0.3, 0.4) is 0 Å². The minimum atomic E-state index is -0.464. The Morgan fingerprint density at radius 3 is 2.71 bits per heavy atom. The first-order valence-corrected chi connectivity index (χ1v) is 7.68. The van der Waals surface area contributed by atoms with Crippen LogP contribution in [-0.2, 0) is 6.42 Å². The fourth-order valence-corrected chi connectivity index (χ4v) is 3.48. The number of rotatable bonds is 4. The molecule has 0 saturated heterocycles. The molecule has 1 atom stereocenters. The molecule has 1 nitrogen and oxygen atoms in total. The van der Waals surface area contributed by atoms with Crippen molar-refractivity contribution in [2.45, 2.75) is 17.4 Å². The van der Waals surface area contributed by atoms with Gasteiger partial charge in [0.25, 0.3) is 0 Å². The van der Waals surface area contributed by atoms with Crippen molar-refractivity contribution in [2.24, 2.45) is 0 Å². The van der Waals surface area contributed by atoms with Crippen LogP contribution in [0.25, 0.3) is 0 Å². The molecule has 0 saturated carbocycles. The highest BCUT2D eigenvalue weighted by Crippen LogP contribution is 2.30. The molecular formula is C13H13ClOS2. The van der Waals surface area contributed by atoms with Crippen LogP contribution in [0.2, 0.25) is 4.34 Å². The molecule has 17 heavy (non-hydrogen) atoms. The predicted octanol–water partition coefficient (Wildman–Crippen LogP) is 4.40. The molecule has 1 aromatic carbocycles. The van der Waals surface area contributed by atoms with Crippen LogP contribution in [0.4, 0.5) is 0 Å². The van der Waals surface area contributed by atoms with Gasteiger partial charge in [0.1, 0.15) is 0 Å². The van der Waals surface area contributed by atoms with E-state index in [-0.39, 0.29) is 0 Å². The maximum atomic E-state index is 10.2. The summed E-state index contributed by atoms with van der Waals surface area (Å²) < 4.78 is 0.769. The van der Waals surface area contributed by atoms with E-state index in [9.17, 15) is 5.11 Å². The van der Waals surface area contributed by atoms with Crippen molar-refractivity contribution in [3.63, 3.8) is 0 Å². The van der Waals surface area contributed by atoms with Crippen molar-refractivity contribution in [3.8, 4) is 0 Å². The molecule has 0 bridgehead atoms. The van der Waals surface area contributed by atoms with Crippen molar-refractivity contribution in [1.29, 1.82) is 0 Å². The summed E-state index contributed by atoms with van der Waals surface area (Å²) in [5.74, 6) is 0. The molecule has 2 rings (SSSR count). The number of thiophene rings is 1. The minimum absolute atomic E-state index is 0.464. The Bertz CT molecular complexity index is 496. The molecule has 4 heteroatoms. The van der Waals surface area contributed by atoms with E-state index in [0.29, 0.717) is 6.42 Å². The average Bonchev–Trinajstić information content (AvgIpc) is 2.74. The van der Waals surface area contributed by atoms with Crippen molar-refractivity contribution in [3.05, 3.63) is 51.2 Å². The number of aliphatic hydroxyl groups excluding tert-OH is 1. The van der Waals surface area contributed by atoms with Crippen molar-refractivity contribution < 1.29 is 5.11 Å². The third kappa shape index (κ3) is 3.26. The Balaban J connectivity index is 2.16. The normalized spacial score (nSPS) is 12.6. The van der Waals surface area contributed by atoms with E-state index in [2.05, 4.69) is 0 Å². The lowest BCUT2D eigenvalue weighted by molar-refractivity contribution is 0.176. The molecule has 0 aliphatic carbocycles. The van der Waals surface area contributed by atoms with Crippen LogP contribution in [0.5, 0.6) is 0 Å². The number of hydrogen-bond donors (Lipinski definition) is 1. The Kier molecular flexibility index (Phi) is 4.51. The van der Waals surface area contributed by atoms with Gasteiger partial charge in [-0.2, -0.15) is 0 Å². The summed E-state index contributed by atoms with van der Waals surface area (Å²) in [6.07, 6.45) is 2.18. The van der Waals surface area contributed by atoms with Gasteiger partial charge in [0.15, 0.2) is 0 Å². The molecule has 0 amide bonds. The molecule has 1 N–H and O–H groups in total. The van der Waals surface area contributed by atoms with Crippen LogP contribution >= 0.6 is 34.7 Å². The van der Waals surface area contributed by atoms with E-state index < -0.39 is 6.10 Å². The van der Waals surface area contributed by atoms with E-state index >= 15 is 0 Å². The van der Waals surface area contributed by atoms with Gasteiger partial charge in [-0.05, 0) is 30.0 Å². The quantitative estimate of drug-likeness (QED) is 0.840. The summed E-state index contributed by atoms with van der Waals surface area (Å²) in [4.78, 5) is 2.24. The Hall–Kier alpha value is -0.480. The molecule has 1 heterocycles. The van der Waals surface area contributed by atoms with E-state index in [4.69, 9.17) is 11.6 Å². The average molecular weight is 285 g/mol. The van der Waals surface area contributed by atoms with E-state index in [1.807, 2.05) is 42.7 Å². The molecule has 90 valence electrons. The molecule has 2 aromatic rings. The zero-order chi connectivity index (χ0) is 12.3. The third-order valence-electron chi connectivity index (χ3n) is 2.52. The molecule has 1 aromatic heterocycles. The predicted molar refractivity (Wildman–Crippen MR) is 76.2 cm³/mol. The van der Waals surface area contributed by atoms with Crippen LogP contribution in [0, 0.1) is 0 Å². The fourth-order valence-electron chi connectivity index (χ4n) is 1.70. The highest BCUT2D eigenvalue weighted by molar-refractivity contribution is 7.98. The molecule has 0 aliphatic heterocycles. The Labute approximate surface area is 114 Å². The van der Waals surface area contributed by atoms with Crippen molar-refractivity contribution in [2.75, 3.05) is 6.26 Å². The maximum absolute atomic E-state index is 10.2. The topological polar surface area (TPSA) is 20.2 Å². The molecular weight excluding hydrogens is 272 g/mol. The van der Waals surface area contributed by atoms with E-state index in [0.717, 1.165) is 19.7 Å². The first kappa shape index (κ1) is 13.0. The molecule has 0 aliphatic rings. The van der Waals surface area contributed by atoms with Crippen LogP contribution in [0.15, 0.2) is 41.3 Å². The zero-order valence-electron chi connectivity index (χ0n) is 9.39. The standard InChI is InChI=1S/C13H13ClOS2/c1-16-12-5-3-2-4-10(12)11(15)8-9-6-7-13(14)17-9/h2-7,11,15H,8H2,1H3. The van der Waals surface area contributed by atoms with E-state index in [1.165, 1.54) is 11.3 Å². The summed E-state index contributed by atoms with van der Waals surface area (Å²) in [6.45, 7) is 0. The van der Waals surface area contributed by atoms with Gasteiger partial charge >= 0.3 is 0 Å². The molecule has 0 fully saturated rings. The van der Waals surface area contributed by atoms with Crippen LogP contribution in [0.1, 0.15) is 16.5 Å². The van der Waals surface area contributed by atoms with Gasteiger partial charge in [0, 0.05) is 16.2 Å². The van der Waals surface area contributed by atoms with Gasteiger partial charge in [0.05, 0.1) is 10.4 Å². The summed E-state index contributed by atoms with van der Waals surface area (Å²) in [5.41, 5.74) is 0.990. The number of aliphatic hydroxyl groups is 1. The lowest BCUT2D eigenvalue weighted by Gasteiger charge is -2.13. The van der Waals surface area contributed by atoms with Gasteiger partial charge in [0.2, 0.25) is 0 Å². The van der Waals surface area contributed by atoms with Gasteiger partial charge in [-0.15, -0.1) is 23.1 Å². The first-order chi connectivity index (χ1) is 8.20. The lowest BCUT2D eigenvalue weighted by Crippen LogP contribution is -2.01. The second-order valence-corrected chi connectivity index (χ2v) is 6.32. The summed E-state index contributed by atoms with van der Waals surface area (Å²) in [7, 11) is 0. The minimum Gasteiger partial charge on any atom is -0.388 e. The lowest BCUT2D eigenvalue weighted by atomic mass is 10.1. The Morgan fingerprint density at radius 2 is 2.06 bits per heavy atom. The van der Waals surface area contributed by atoms with Gasteiger partial charge in [-0.1, -0.05) is 29.8 Å². The molecule has 0 spiro atoms. The summed E-state index contributed by atoms with van der Waals surface area (Å²) in [6, 6.07) is 11.8. The Morgan fingerprint density at radius 1 is 1.29 bits per heavy atom. The largest absolute Gasteiger partial charge is 0.388 e. The third-order valence-corrected chi connectivity index (χ3v) is 4.59. The van der Waals surface area contributed by atoms with Gasteiger partial charge in [-0.25, -0.2) is 0 Å². The summed E-state index contributed by atoms with van der Waals surface area (Å²) in [5, 5.41) is 10.2. The highest BCUT2D eigenvalue weighted by Gasteiger charge is 2.13. The van der Waals surface area contributed by atoms with Gasteiger partial charge < -0.3 is 5.11 Å². The second kappa shape index (κ2) is 5.91. The summed E-state index contributed by atoms with van der Waals surface area (Å²) >= 11 is 9.06. The smallest absolute Gasteiger partial charge is 0.0931 e. The fraction of sp³-hybridized carbons (Fsp3) is 0.231. The SMILES string of the molecule is CSc1ccccc1C(O)Cc1ccc(Cl)s1. The first-order valence-electron chi connectivity index (χ1n) is 5.26. The highest BCUT2D eigenvalue weighted by atomic mass is 35.5. The van der Waals surface area contributed by atoms with Gasteiger partial charge in [-0.3, -0.25) is 0 Å². The van der Waals surface area contributed by atoms with Crippen LogP contribution in [-0.4, -0.2) is 11.4 Å². The van der Waals surface area contributed by atoms with Crippen molar-refractivity contribution in [1.82, 2.24) is 0 Å². The number of benzene rings is 1. The number of halogens is 1. The number of hydrogen-bond acceptors (Lipinski definition) is 3. The maximum Gasteiger partial charge on any atom is 0.0931 e. The van der Waals surface area contributed by atoms with E-state index in [1.54, 1.807) is 11.8 Å².